The first-order valence-electron chi connectivity index (χ1n) is 3.86. The van der Waals surface area contributed by atoms with Crippen molar-refractivity contribution in [1.29, 1.82) is 0 Å². The highest BCUT2D eigenvalue weighted by molar-refractivity contribution is 4.95. The van der Waals surface area contributed by atoms with Gasteiger partial charge in [0.05, 0.1) is 6.61 Å². The SMILES string of the molecule is CC=C(C)COCC(C)C. The molecule has 0 fully saturated rings. The van der Waals surface area contributed by atoms with Gasteiger partial charge in [0.2, 0.25) is 0 Å². The highest BCUT2D eigenvalue weighted by Crippen LogP contribution is 1.96. The zero-order valence-electron chi connectivity index (χ0n) is 7.48. The number of hydrogen-bond donors (Lipinski definition) is 0. The lowest BCUT2D eigenvalue weighted by Crippen LogP contribution is -2.03. The van der Waals surface area contributed by atoms with Crippen LogP contribution in [0.15, 0.2) is 11.6 Å². The number of ether oxygens (including phenoxy) is 1. The summed E-state index contributed by atoms with van der Waals surface area (Å²) >= 11 is 0. The molecule has 0 amide bonds. The fraction of sp³-hybridized carbons (Fsp3) is 0.778. The van der Waals surface area contributed by atoms with E-state index < -0.39 is 0 Å². The summed E-state index contributed by atoms with van der Waals surface area (Å²) in [7, 11) is 0. The Kier molecular flexibility index (Phi) is 5.32. The Morgan fingerprint density at radius 3 is 2.50 bits per heavy atom. The third kappa shape index (κ3) is 5.83. The standard InChI is InChI=1S/C9H18O/c1-5-9(4)7-10-6-8(2)3/h5,8H,6-7H2,1-4H3. The second kappa shape index (κ2) is 5.48. The minimum atomic E-state index is 0.643. The monoisotopic (exact) mass is 142 g/mol. The van der Waals surface area contributed by atoms with Gasteiger partial charge in [-0.15, -0.1) is 0 Å². The van der Waals surface area contributed by atoms with Gasteiger partial charge in [-0.05, 0) is 19.8 Å². The summed E-state index contributed by atoms with van der Waals surface area (Å²) < 4.78 is 5.38. The molecule has 0 aliphatic carbocycles. The molecule has 0 aliphatic heterocycles. The van der Waals surface area contributed by atoms with E-state index in [2.05, 4.69) is 26.8 Å². The number of rotatable bonds is 4. The van der Waals surface area contributed by atoms with Crippen LogP contribution >= 0.6 is 0 Å². The average Bonchev–Trinajstić information content (AvgIpc) is 1.87. The highest BCUT2D eigenvalue weighted by Gasteiger charge is 1.92. The molecule has 0 N–H and O–H groups in total. The van der Waals surface area contributed by atoms with E-state index in [0.717, 1.165) is 13.2 Å². The topological polar surface area (TPSA) is 9.23 Å². The van der Waals surface area contributed by atoms with Crippen LogP contribution in [0.1, 0.15) is 27.7 Å². The van der Waals surface area contributed by atoms with Gasteiger partial charge in [0.15, 0.2) is 0 Å². The summed E-state index contributed by atoms with van der Waals surface area (Å²) in [6.45, 7) is 10.1. The molecule has 0 atom stereocenters. The highest BCUT2D eigenvalue weighted by atomic mass is 16.5. The molecule has 1 nitrogen and oxygen atoms in total. The minimum absolute atomic E-state index is 0.643. The first-order valence-corrected chi connectivity index (χ1v) is 3.86. The van der Waals surface area contributed by atoms with Crippen molar-refractivity contribution < 1.29 is 4.74 Å². The Morgan fingerprint density at radius 1 is 1.50 bits per heavy atom. The lowest BCUT2D eigenvalue weighted by Gasteiger charge is -2.05. The van der Waals surface area contributed by atoms with E-state index >= 15 is 0 Å². The number of hydrogen-bond acceptors (Lipinski definition) is 1. The van der Waals surface area contributed by atoms with Crippen LogP contribution in [0.3, 0.4) is 0 Å². The number of allylic oxidation sites excluding steroid dienone is 1. The largest absolute Gasteiger partial charge is 0.377 e. The fourth-order valence-corrected chi connectivity index (χ4v) is 0.539. The second-order valence-corrected chi connectivity index (χ2v) is 3.04. The molecule has 0 aromatic carbocycles. The molecule has 0 saturated carbocycles. The third-order valence-electron chi connectivity index (χ3n) is 1.27. The van der Waals surface area contributed by atoms with Crippen molar-refractivity contribution in [2.45, 2.75) is 27.7 Å². The molecule has 0 aromatic rings. The first kappa shape index (κ1) is 9.70. The van der Waals surface area contributed by atoms with Gasteiger partial charge < -0.3 is 4.74 Å². The molecule has 0 saturated heterocycles. The normalized spacial score (nSPS) is 12.7. The molecule has 0 spiro atoms. The molecule has 1 heteroatoms. The average molecular weight is 142 g/mol. The second-order valence-electron chi connectivity index (χ2n) is 3.04. The van der Waals surface area contributed by atoms with Crippen molar-refractivity contribution in [3.63, 3.8) is 0 Å². The van der Waals surface area contributed by atoms with Crippen molar-refractivity contribution in [3.05, 3.63) is 11.6 Å². The summed E-state index contributed by atoms with van der Waals surface area (Å²) in [5, 5.41) is 0. The molecule has 0 heterocycles. The Labute approximate surface area is 64.1 Å². The van der Waals surface area contributed by atoms with Crippen molar-refractivity contribution in [2.75, 3.05) is 13.2 Å². The Balaban J connectivity index is 3.20. The Hall–Kier alpha value is -0.300. The quantitative estimate of drug-likeness (QED) is 0.548. The molecule has 0 bridgehead atoms. The van der Waals surface area contributed by atoms with Gasteiger partial charge in [0.25, 0.3) is 0 Å². The van der Waals surface area contributed by atoms with Crippen LogP contribution in [0.4, 0.5) is 0 Å². The minimum Gasteiger partial charge on any atom is -0.377 e. The van der Waals surface area contributed by atoms with Gasteiger partial charge in [0.1, 0.15) is 0 Å². The van der Waals surface area contributed by atoms with Crippen LogP contribution in [-0.2, 0) is 4.74 Å². The zero-order chi connectivity index (χ0) is 7.98. The van der Waals surface area contributed by atoms with E-state index in [1.165, 1.54) is 5.57 Å². The van der Waals surface area contributed by atoms with E-state index in [4.69, 9.17) is 4.74 Å². The lowest BCUT2D eigenvalue weighted by atomic mass is 10.2. The van der Waals surface area contributed by atoms with Gasteiger partial charge in [0, 0.05) is 6.61 Å². The Bertz CT molecular complexity index is 103. The smallest absolute Gasteiger partial charge is 0.0674 e. The first-order chi connectivity index (χ1) is 4.66. The van der Waals surface area contributed by atoms with Crippen LogP contribution in [-0.4, -0.2) is 13.2 Å². The molecule has 60 valence electrons. The molecular formula is C9H18O. The van der Waals surface area contributed by atoms with Crippen molar-refractivity contribution in [2.24, 2.45) is 5.92 Å². The predicted molar refractivity (Wildman–Crippen MR) is 45.1 cm³/mol. The lowest BCUT2D eigenvalue weighted by molar-refractivity contribution is 0.129. The van der Waals surface area contributed by atoms with Crippen molar-refractivity contribution >= 4 is 0 Å². The van der Waals surface area contributed by atoms with E-state index in [1.807, 2.05) is 6.92 Å². The van der Waals surface area contributed by atoms with Crippen LogP contribution in [0.2, 0.25) is 0 Å². The maximum absolute atomic E-state index is 5.38. The zero-order valence-corrected chi connectivity index (χ0v) is 7.48. The third-order valence-corrected chi connectivity index (χ3v) is 1.27. The summed E-state index contributed by atoms with van der Waals surface area (Å²) in [5.74, 6) is 0.643. The summed E-state index contributed by atoms with van der Waals surface area (Å²) in [6.07, 6.45) is 2.08. The Morgan fingerprint density at radius 2 is 2.10 bits per heavy atom. The summed E-state index contributed by atoms with van der Waals surface area (Å²) in [5.41, 5.74) is 1.31. The maximum atomic E-state index is 5.38. The van der Waals surface area contributed by atoms with Crippen LogP contribution < -0.4 is 0 Å². The molecule has 10 heavy (non-hydrogen) atoms. The maximum Gasteiger partial charge on any atom is 0.0674 e. The van der Waals surface area contributed by atoms with Gasteiger partial charge in [-0.1, -0.05) is 25.5 Å². The van der Waals surface area contributed by atoms with Gasteiger partial charge >= 0.3 is 0 Å². The van der Waals surface area contributed by atoms with Gasteiger partial charge in [-0.2, -0.15) is 0 Å². The summed E-state index contributed by atoms with van der Waals surface area (Å²) in [4.78, 5) is 0. The molecular weight excluding hydrogens is 124 g/mol. The van der Waals surface area contributed by atoms with Crippen LogP contribution in [0, 0.1) is 5.92 Å². The fourth-order valence-electron chi connectivity index (χ4n) is 0.539. The van der Waals surface area contributed by atoms with E-state index in [-0.39, 0.29) is 0 Å². The van der Waals surface area contributed by atoms with Crippen LogP contribution in [0.25, 0.3) is 0 Å². The molecule has 0 radical (unpaired) electrons. The van der Waals surface area contributed by atoms with Crippen molar-refractivity contribution in [3.8, 4) is 0 Å². The van der Waals surface area contributed by atoms with E-state index in [1.54, 1.807) is 0 Å². The summed E-state index contributed by atoms with van der Waals surface area (Å²) in [6, 6.07) is 0. The molecule has 0 rings (SSSR count). The van der Waals surface area contributed by atoms with Crippen LogP contribution in [0.5, 0.6) is 0 Å². The van der Waals surface area contributed by atoms with Gasteiger partial charge in [-0.3, -0.25) is 0 Å². The molecule has 0 aromatic heterocycles. The van der Waals surface area contributed by atoms with Crippen molar-refractivity contribution in [1.82, 2.24) is 0 Å². The van der Waals surface area contributed by atoms with E-state index in [9.17, 15) is 0 Å². The van der Waals surface area contributed by atoms with E-state index in [0.29, 0.717) is 5.92 Å². The van der Waals surface area contributed by atoms with Gasteiger partial charge in [-0.25, -0.2) is 0 Å². The predicted octanol–water partition coefficient (Wildman–Crippen LogP) is 2.63. The molecule has 0 aliphatic rings. The molecule has 0 unspecified atom stereocenters.